The molecule has 1 spiro atoms. The van der Waals surface area contributed by atoms with Gasteiger partial charge in [0.25, 0.3) is 17.4 Å². The molecule has 1 saturated carbocycles. The minimum atomic E-state index is -0.297. The van der Waals surface area contributed by atoms with Crippen molar-refractivity contribution in [3.8, 4) is 6.07 Å². The van der Waals surface area contributed by atoms with Crippen molar-refractivity contribution in [3.05, 3.63) is 40.3 Å². The van der Waals surface area contributed by atoms with E-state index in [0.29, 0.717) is 40.3 Å². The zero-order valence-corrected chi connectivity index (χ0v) is 21.4. The van der Waals surface area contributed by atoms with Crippen molar-refractivity contribution < 1.29 is 4.79 Å². The van der Waals surface area contributed by atoms with Gasteiger partial charge in [-0.2, -0.15) is 10.2 Å². The standard InChI is InChI=1S/C25H26ClN11O/c1-29-20-11-30-23-22(31-16-2-3-16)33-24(34-37(20)23)32-17-8-15(10-27)9-18(21(17)26)36-6-4-25(5-7-36)13-35(14-25)12-19(28)38/h8-9,11,16H,2-7,12-14H2,(H2,28,38)(H2,31,32,33,34). The number of hydrogen-bond donors (Lipinski definition) is 3. The lowest BCUT2D eigenvalue weighted by molar-refractivity contribution is -0.123. The largest absolute Gasteiger partial charge is 0.370 e. The number of benzene rings is 1. The van der Waals surface area contributed by atoms with Gasteiger partial charge in [0, 0.05) is 32.2 Å². The first-order valence-corrected chi connectivity index (χ1v) is 12.9. The van der Waals surface area contributed by atoms with Crippen LogP contribution in [0, 0.1) is 23.3 Å². The number of fused-ring (bicyclic) bond motifs is 1. The van der Waals surface area contributed by atoms with Crippen LogP contribution in [0.1, 0.15) is 31.2 Å². The molecule has 194 valence electrons. The molecule has 2 saturated heterocycles. The highest BCUT2D eigenvalue weighted by molar-refractivity contribution is 6.36. The number of carbonyl (C=O) groups is 1. The fraction of sp³-hybridized carbons (Fsp3) is 0.440. The summed E-state index contributed by atoms with van der Waals surface area (Å²) >= 11 is 6.90. The normalized spacial score (nSPS) is 18.6. The quantitative estimate of drug-likeness (QED) is 0.392. The molecule has 0 atom stereocenters. The van der Waals surface area contributed by atoms with E-state index in [2.05, 4.69) is 46.4 Å². The fourth-order valence-electron chi connectivity index (χ4n) is 5.40. The van der Waals surface area contributed by atoms with Crippen molar-refractivity contribution in [1.29, 1.82) is 5.26 Å². The van der Waals surface area contributed by atoms with Gasteiger partial charge >= 0.3 is 0 Å². The summed E-state index contributed by atoms with van der Waals surface area (Å²) in [5, 5.41) is 21.2. The highest BCUT2D eigenvalue weighted by Gasteiger charge is 2.45. The van der Waals surface area contributed by atoms with Crippen molar-refractivity contribution in [2.45, 2.75) is 31.7 Å². The second kappa shape index (κ2) is 9.31. The average Bonchev–Trinajstić information content (AvgIpc) is 3.60. The monoisotopic (exact) mass is 531 g/mol. The number of halogens is 1. The number of nitrogens with two attached hydrogens (primary N) is 1. The number of nitrogens with zero attached hydrogens (tertiary/aromatic N) is 8. The van der Waals surface area contributed by atoms with E-state index >= 15 is 0 Å². The minimum absolute atomic E-state index is 0.200. The summed E-state index contributed by atoms with van der Waals surface area (Å²) in [6.45, 7) is 11.1. The minimum Gasteiger partial charge on any atom is -0.370 e. The first-order chi connectivity index (χ1) is 18.4. The molecule has 6 rings (SSSR count). The first-order valence-electron chi connectivity index (χ1n) is 12.5. The van der Waals surface area contributed by atoms with Gasteiger partial charge in [-0.3, -0.25) is 9.69 Å². The van der Waals surface area contributed by atoms with E-state index in [4.69, 9.17) is 23.9 Å². The topological polar surface area (TPSA) is 145 Å². The van der Waals surface area contributed by atoms with Crippen LogP contribution in [0.25, 0.3) is 10.5 Å². The summed E-state index contributed by atoms with van der Waals surface area (Å²) in [5.41, 5.74) is 7.77. The molecule has 2 aromatic heterocycles. The Hall–Kier alpha value is -4.13. The average molecular weight is 532 g/mol. The first kappa shape index (κ1) is 24.2. The molecule has 3 fully saturated rings. The maximum atomic E-state index is 11.2. The lowest BCUT2D eigenvalue weighted by Crippen LogP contribution is -2.61. The van der Waals surface area contributed by atoms with Gasteiger partial charge in [-0.25, -0.2) is 4.98 Å². The summed E-state index contributed by atoms with van der Waals surface area (Å²) in [6.07, 6.45) is 5.50. The molecule has 1 amide bonds. The van der Waals surface area contributed by atoms with Crippen LogP contribution >= 0.6 is 11.6 Å². The molecule has 2 aliphatic heterocycles. The number of primary amides is 1. The van der Waals surface area contributed by atoms with Gasteiger partial charge in [0.2, 0.25) is 5.91 Å². The number of imidazole rings is 1. The summed E-state index contributed by atoms with van der Waals surface area (Å²) < 4.78 is 1.46. The number of nitrogens with one attached hydrogen (secondary N) is 2. The predicted molar refractivity (Wildman–Crippen MR) is 143 cm³/mol. The van der Waals surface area contributed by atoms with Crippen LogP contribution in [0.4, 0.5) is 29.0 Å². The molecule has 1 aromatic carbocycles. The van der Waals surface area contributed by atoms with Gasteiger partial charge in [0.05, 0.1) is 40.8 Å². The van der Waals surface area contributed by atoms with E-state index in [0.717, 1.165) is 57.5 Å². The Labute approximate surface area is 224 Å². The Morgan fingerprint density at radius 1 is 1.32 bits per heavy atom. The van der Waals surface area contributed by atoms with E-state index in [1.54, 1.807) is 6.07 Å². The summed E-state index contributed by atoms with van der Waals surface area (Å²) in [6, 6.07) is 6.04. The zero-order chi connectivity index (χ0) is 26.4. The van der Waals surface area contributed by atoms with Gasteiger partial charge in [-0.15, -0.1) is 4.52 Å². The second-order valence-electron chi connectivity index (χ2n) is 10.4. The van der Waals surface area contributed by atoms with Gasteiger partial charge < -0.3 is 26.1 Å². The van der Waals surface area contributed by atoms with Crippen LogP contribution in [0.5, 0.6) is 0 Å². The van der Waals surface area contributed by atoms with E-state index in [9.17, 15) is 10.1 Å². The number of carbonyl (C=O) groups excluding carboxylic acids is 1. The van der Waals surface area contributed by atoms with Gasteiger partial charge in [0.1, 0.15) is 0 Å². The van der Waals surface area contributed by atoms with Gasteiger partial charge in [0.15, 0.2) is 5.82 Å². The lowest BCUT2D eigenvalue weighted by Gasteiger charge is -2.54. The number of hydrogen-bond acceptors (Lipinski definition) is 9. The summed E-state index contributed by atoms with van der Waals surface area (Å²) in [5.74, 6) is 0.761. The van der Waals surface area contributed by atoms with Crippen LogP contribution in [0.3, 0.4) is 0 Å². The smallest absolute Gasteiger partial charge is 0.275 e. The Morgan fingerprint density at radius 2 is 2.08 bits per heavy atom. The van der Waals surface area contributed by atoms with Gasteiger partial charge in [-0.05, 0) is 43.2 Å². The van der Waals surface area contributed by atoms with E-state index in [-0.39, 0.29) is 23.1 Å². The third-order valence-corrected chi connectivity index (χ3v) is 7.87. The van der Waals surface area contributed by atoms with Crippen molar-refractivity contribution in [2.75, 3.05) is 48.3 Å². The molecular weight excluding hydrogens is 506 g/mol. The maximum Gasteiger partial charge on any atom is 0.275 e. The molecule has 1 aliphatic carbocycles. The molecule has 3 aromatic rings. The van der Waals surface area contributed by atoms with Crippen LogP contribution < -0.4 is 21.3 Å². The van der Waals surface area contributed by atoms with Crippen LogP contribution in [0.15, 0.2) is 18.3 Å². The number of rotatable bonds is 7. The Kier molecular flexibility index (Phi) is 5.94. The molecule has 0 bridgehead atoms. The zero-order valence-electron chi connectivity index (χ0n) is 20.6. The highest BCUT2D eigenvalue weighted by atomic mass is 35.5. The molecule has 0 radical (unpaired) electrons. The molecule has 13 heteroatoms. The SMILES string of the molecule is [C-]#[N+]c1cnc2c(NC3CC3)nc(Nc3cc(C#N)cc(N4CCC5(CC4)CN(CC(N)=O)C5)c3Cl)nn12. The van der Waals surface area contributed by atoms with Crippen molar-refractivity contribution >= 4 is 52.1 Å². The Morgan fingerprint density at radius 3 is 2.74 bits per heavy atom. The summed E-state index contributed by atoms with van der Waals surface area (Å²) in [7, 11) is 0. The fourth-order valence-corrected chi connectivity index (χ4v) is 5.68. The Balaban J connectivity index is 1.25. The van der Waals surface area contributed by atoms with Crippen LogP contribution in [-0.2, 0) is 4.79 Å². The van der Waals surface area contributed by atoms with Crippen LogP contribution in [-0.4, -0.2) is 69.2 Å². The number of amides is 1. The predicted octanol–water partition coefficient (Wildman–Crippen LogP) is 2.91. The number of piperidine rings is 1. The third-order valence-electron chi connectivity index (χ3n) is 7.47. The molecule has 0 unspecified atom stereocenters. The molecule has 38 heavy (non-hydrogen) atoms. The van der Waals surface area contributed by atoms with Crippen molar-refractivity contribution in [2.24, 2.45) is 11.1 Å². The number of aromatic nitrogens is 4. The number of anilines is 4. The number of likely N-dealkylation sites (tertiary alicyclic amines) is 1. The van der Waals surface area contributed by atoms with E-state index in [1.807, 2.05) is 6.07 Å². The van der Waals surface area contributed by atoms with Gasteiger partial charge in [-0.1, -0.05) is 23.3 Å². The molecular formula is C25H26ClN11O. The van der Waals surface area contributed by atoms with Crippen molar-refractivity contribution in [3.63, 3.8) is 0 Å². The van der Waals surface area contributed by atoms with E-state index < -0.39 is 0 Å². The van der Waals surface area contributed by atoms with E-state index in [1.165, 1.54) is 10.7 Å². The third kappa shape index (κ3) is 4.53. The van der Waals surface area contributed by atoms with Crippen LogP contribution in [0.2, 0.25) is 5.02 Å². The second-order valence-corrected chi connectivity index (χ2v) is 10.7. The lowest BCUT2D eigenvalue weighted by atomic mass is 9.72. The summed E-state index contributed by atoms with van der Waals surface area (Å²) in [4.78, 5) is 27.9. The Bertz CT molecular complexity index is 1500. The number of nitriles is 1. The highest BCUT2D eigenvalue weighted by Crippen LogP contribution is 2.44. The molecule has 4 heterocycles. The van der Waals surface area contributed by atoms with Crippen molar-refractivity contribution in [1.82, 2.24) is 24.5 Å². The molecule has 3 aliphatic rings. The molecule has 4 N–H and O–H groups in total. The molecule has 12 nitrogen and oxygen atoms in total. The maximum absolute atomic E-state index is 11.2.